The van der Waals surface area contributed by atoms with Crippen LogP contribution in [0.1, 0.15) is 44.2 Å². The van der Waals surface area contributed by atoms with Gasteiger partial charge in [-0.15, -0.1) is 0 Å². The van der Waals surface area contributed by atoms with Gasteiger partial charge < -0.3 is 0 Å². The summed E-state index contributed by atoms with van der Waals surface area (Å²) in [5.74, 6) is 0.794. The molecule has 1 aromatic heterocycles. The third-order valence-corrected chi connectivity index (χ3v) is 3.41. The van der Waals surface area contributed by atoms with E-state index in [1.807, 2.05) is 18.2 Å². The maximum Gasteiger partial charge on any atom is 0.136 e. The highest BCUT2D eigenvalue weighted by Gasteiger charge is 2.20. The third-order valence-electron chi connectivity index (χ3n) is 3.41. The first-order chi connectivity index (χ1) is 7.86. The molecule has 0 spiro atoms. The summed E-state index contributed by atoms with van der Waals surface area (Å²) < 4.78 is 0. The van der Waals surface area contributed by atoms with E-state index in [1.54, 1.807) is 6.20 Å². The predicted octanol–water partition coefficient (Wildman–Crippen LogP) is 3.16. The number of carbonyl (C=O) groups is 1. The van der Waals surface area contributed by atoms with Crippen LogP contribution in [0.4, 0.5) is 0 Å². The molecule has 2 rings (SSSR count). The van der Waals surface area contributed by atoms with Crippen LogP contribution in [0.15, 0.2) is 24.4 Å². The minimum atomic E-state index is 0.345. The Morgan fingerprint density at radius 3 is 2.75 bits per heavy atom. The van der Waals surface area contributed by atoms with Crippen molar-refractivity contribution in [3.05, 3.63) is 30.1 Å². The molecule has 0 aliphatic heterocycles. The highest BCUT2D eigenvalue weighted by molar-refractivity contribution is 5.81. The maximum atomic E-state index is 11.9. The average Bonchev–Trinajstić information content (AvgIpc) is 2.38. The largest absolute Gasteiger partial charge is 0.299 e. The number of Topliss-reactive ketones (excluding diaryl/α,β-unsaturated/α-hetero) is 1. The topological polar surface area (TPSA) is 30.0 Å². The van der Waals surface area contributed by atoms with Crippen LogP contribution in [0.3, 0.4) is 0 Å². The van der Waals surface area contributed by atoms with Gasteiger partial charge in [0.1, 0.15) is 5.78 Å². The van der Waals surface area contributed by atoms with Crippen LogP contribution in [0, 0.1) is 5.92 Å². The van der Waals surface area contributed by atoms with Crippen LogP contribution < -0.4 is 0 Å². The van der Waals surface area contributed by atoms with E-state index in [2.05, 4.69) is 4.98 Å². The lowest BCUT2D eigenvalue weighted by atomic mass is 9.85. The molecule has 1 heterocycles. The van der Waals surface area contributed by atoms with Gasteiger partial charge in [0.25, 0.3) is 0 Å². The summed E-state index contributed by atoms with van der Waals surface area (Å²) in [5, 5.41) is 0. The van der Waals surface area contributed by atoms with Crippen molar-refractivity contribution < 1.29 is 4.79 Å². The molecular weight excluding hydrogens is 198 g/mol. The minimum Gasteiger partial charge on any atom is -0.299 e. The van der Waals surface area contributed by atoms with Gasteiger partial charge in [-0.05, 0) is 31.4 Å². The van der Waals surface area contributed by atoms with Gasteiger partial charge in [0.15, 0.2) is 0 Å². The summed E-state index contributed by atoms with van der Waals surface area (Å²) in [6, 6.07) is 5.88. The first-order valence-electron chi connectivity index (χ1n) is 6.29. The first-order valence-corrected chi connectivity index (χ1v) is 6.29. The van der Waals surface area contributed by atoms with Crippen LogP contribution in [0.2, 0.25) is 0 Å². The predicted molar refractivity (Wildman–Crippen MR) is 64.1 cm³/mol. The molecule has 16 heavy (non-hydrogen) atoms. The monoisotopic (exact) mass is 217 g/mol. The summed E-state index contributed by atoms with van der Waals surface area (Å²) in [4.78, 5) is 16.2. The molecule has 1 fully saturated rings. The molecule has 86 valence electrons. The van der Waals surface area contributed by atoms with Crippen molar-refractivity contribution in [1.82, 2.24) is 4.98 Å². The molecule has 0 bridgehead atoms. The standard InChI is InChI=1S/C14H19NO/c16-14(12-6-2-1-3-7-12)10-9-13-8-4-5-11-15-13/h4-5,8,11-12H,1-3,6-7,9-10H2. The molecule has 1 aliphatic rings. The highest BCUT2D eigenvalue weighted by Crippen LogP contribution is 2.25. The van der Waals surface area contributed by atoms with Gasteiger partial charge in [0, 0.05) is 24.2 Å². The average molecular weight is 217 g/mol. The Hall–Kier alpha value is -1.18. The van der Waals surface area contributed by atoms with Gasteiger partial charge >= 0.3 is 0 Å². The SMILES string of the molecule is O=C(CCc1ccccn1)C1CCCCC1. The molecule has 0 atom stereocenters. The van der Waals surface area contributed by atoms with Crippen LogP contribution >= 0.6 is 0 Å². The second-order valence-corrected chi connectivity index (χ2v) is 4.62. The van der Waals surface area contributed by atoms with E-state index in [4.69, 9.17) is 0 Å². The highest BCUT2D eigenvalue weighted by atomic mass is 16.1. The second kappa shape index (κ2) is 5.78. The van der Waals surface area contributed by atoms with E-state index in [0.29, 0.717) is 18.1 Å². The zero-order valence-electron chi connectivity index (χ0n) is 9.69. The van der Waals surface area contributed by atoms with Gasteiger partial charge in [-0.1, -0.05) is 25.3 Å². The van der Waals surface area contributed by atoms with Gasteiger partial charge in [-0.3, -0.25) is 9.78 Å². The van der Waals surface area contributed by atoms with Gasteiger partial charge in [-0.25, -0.2) is 0 Å². The molecule has 1 aliphatic carbocycles. The maximum absolute atomic E-state index is 11.9. The number of carbonyl (C=O) groups excluding carboxylic acids is 1. The second-order valence-electron chi connectivity index (χ2n) is 4.62. The molecule has 0 aromatic carbocycles. The zero-order valence-corrected chi connectivity index (χ0v) is 9.69. The summed E-state index contributed by atoms with van der Waals surface area (Å²) >= 11 is 0. The fourth-order valence-corrected chi connectivity index (χ4v) is 2.43. The Morgan fingerprint density at radius 2 is 2.06 bits per heavy atom. The van der Waals surface area contributed by atoms with Gasteiger partial charge in [0.2, 0.25) is 0 Å². The molecule has 0 N–H and O–H groups in total. The van der Waals surface area contributed by atoms with E-state index >= 15 is 0 Å². The Kier molecular flexibility index (Phi) is 4.09. The summed E-state index contributed by atoms with van der Waals surface area (Å²) in [7, 11) is 0. The van der Waals surface area contributed by atoms with Crippen molar-refractivity contribution in [3.8, 4) is 0 Å². The molecule has 0 unspecified atom stereocenters. The summed E-state index contributed by atoms with van der Waals surface area (Å²) in [6.07, 6.45) is 9.27. The molecule has 1 aromatic rings. The van der Waals surface area contributed by atoms with Crippen LogP contribution in [-0.2, 0) is 11.2 Å². The van der Waals surface area contributed by atoms with Crippen molar-refractivity contribution in [2.24, 2.45) is 5.92 Å². The number of aromatic nitrogens is 1. The lowest BCUT2D eigenvalue weighted by molar-refractivity contribution is -0.123. The van der Waals surface area contributed by atoms with Crippen LogP contribution in [0.5, 0.6) is 0 Å². The van der Waals surface area contributed by atoms with Crippen molar-refractivity contribution in [2.75, 3.05) is 0 Å². The number of pyridine rings is 1. The van der Waals surface area contributed by atoms with Gasteiger partial charge in [-0.2, -0.15) is 0 Å². The van der Waals surface area contributed by atoms with Gasteiger partial charge in [0.05, 0.1) is 0 Å². The Morgan fingerprint density at radius 1 is 1.25 bits per heavy atom. The number of hydrogen-bond donors (Lipinski definition) is 0. The van der Waals surface area contributed by atoms with Crippen LogP contribution in [-0.4, -0.2) is 10.8 Å². The lowest BCUT2D eigenvalue weighted by Crippen LogP contribution is -2.18. The fraction of sp³-hybridized carbons (Fsp3) is 0.571. The Balaban J connectivity index is 1.79. The number of hydrogen-bond acceptors (Lipinski definition) is 2. The number of ketones is 1. The lowest BCUT2D eigenvalue weighted by Gasteiger charge is -2.19. The van der Waals surface area contributed by atoms with Crippen molar-refractivity contribution >= 4 is 5.78 Å². The summed E-state index contributed by atoms with van der Waals surface area (Å²) in [6.45, 7) is 0. The van der Waals surface area contributed by atoms with E-state index in [9.17, 15) is 4.79 Å². The molecule has 2 nitrogen and oxygen atoms in total. The molecular formula is C14H19NO. The van der Waals surface area contributed by atoms with Crippen molar-refractivity contribution in [2.45, 2.75) is 44.9 Å². The van der Waals surface area contributed by atoms with E-state index < -0.39 is 0 Å². The van der Waals surface area contributed by atoms with Crippen LogP contribution in [0.25, 0.3) is 0 Å². The molecule has 0 saturated heterocycles. The Labute approximate surface area is 97.1 Å². The third kappa shape index (κ3) is 3.16. The van der Waals surface area contributed by atoms with Crippen molar-refractivity contribution in [3.63, 3.8) is 0 Å². The quantitative estimate of drug-likeness (QED) is 0.775. The fourth-order valence-electron chi connectivity index (χ4n) is 2.43. The normalized spacial score (nSPS) is 17.2. The van der Waals surface area contributed by atoms with E-state index in [-0.39, 0.29) is 0 Å². The molecule has 0 radical (unpaired) electrons. The van der Waals surface area contributed by atoms with E-state index in [1.165, 1.54) is 19.3 Å². The number of rotatable bonds is 4. The zero-order chi connectivity index (χ0) is 11.2. The minimum absolute atomic E-state index is 0.345. The smallest absolute Gasteiger partial charge is 0.136 e. The van der Waals surface area contributed by atoms with Crippen molar-refractivity contribution in [1.29, 1.82) is 0 Å². The summed E-state index contributed by atoms with van der Waals surface area (Å²) in [5.41, 5.74) is 1.03. The molecule has 1 saturated carbocycles. The molecule has 2 heteroatoms. The number of aryl methyl sites for hydroxylation is 1. The Bertz CT molecular complexity index is 328. The first kappa shape index (κ1) is 11.3. The molecule has 0 amide bonds. The van der Waals surface area contributed by atoms with E-state index in [0.717, 1.165) is 25.0 Å². The number of nitrogens with zero attached hydrogens (tertiary/aromatic N) is 1.